The van der Waals surface area contributed by atoms with Gasteiger partial charge in [-0.15, -0.1) is 0 Å². The Balaban J connectivity index is 1.50. The number of carbonyl (C=O) groups excluding carboxylic acids is 2. The molecule has 1 aliphatic heterocycles. The molecule has 3 rings (SSSR count). The molecule has 1 amide bonds. The molecule has 1 saturated heterocycles. The Labute approximate surface area is 177 Å². The standard InChI is InChI=1S/C23H27ClN2O3/c1-3-29-23(28)20-6-4-18(5-7-20)17(2)16-25-12-14-26(15-13-25)22(27)19-8-10-21(24)11-9-19/h4-11,17H,3,12-16H2,1-2H3. The van der Waals surface area contributed by atoms with E-state index in [1.165, 1.54) is 5.56 Å². The molecule has 0 spiro atoms. The van der Waals surface area contributed by atoms with Crippen molar-refractivity contribution < 1.29 is 14.3 Å². The number of piperazine rings is 1. The molecule has 1 aliphatic rings. The molecular formula is C23H27ClN2O3. The van der Waals surface area contributed by atoms with Gasteiger partial charge in [0.05, 0.1) is 12.2 Å². The molecule has 2 aromatic rings. The van der Waals surface area contributed by atoms with E-state index in [1.54, 1.807) is 31.2 Å². The van der Waals surface area contributed by atoms with Crippen molar-refractivity contribution >= 4 is 23.5 Å². The zero-order valence-electron chi connectivity index (χ0n) is 16.9. The Morgan fingerprint density at radius 2 is 1.55 bits per heavy atom. The van der Waals surface area contributed by atoms with E-state index >= 15 is 0 Å². The van der Waals surface area contributed by atoms with Gasteiger partial charge in [-0.05, 0) is 54.8 Å². The number of hydrogen-bond acceptors (Lipinski definition) is 4. The maximum Gasteiger partial charge on any atom is 0.338 e. The number of hydrogen-bond donors (Lipinski definition) is 0. The molecule has 154 valence electrons. The lowest BCUT2D eigenvalue weighted by molar-refractivity contribution is 0.0525. The van der Waals surface area contributed by atoms with Gasteiger partial charge in [-0.1, -0.05) is 30.7 Å². The van der Waals surface area contributed by atoms with Crippen molar-refractivity contribution in [1.82, 2.24) is 9.80 Å². The molecule has 0 radical (unpaired) electrons. The SMILES string of the molecule is CCOC(=O)c1ccc(C(C)CN2CCN(C(=O)c3ccc(Cl)cc3)CC2)cc1. The summed E-state index contributed by atoms with van der Waals surface area (Å²) in [5.41, 5.74) is 2.45. The van der Waals surface area contributed by atoms with Crippen molar-refractivity contribution in [2.75, 3.05) is 39.3 Å². The van der Waals surface area contributed by atoms with Crippen molar-refractivity contribution in [1.29, 1.82) is 0 Å². The van der Waals surface area contributed by atoms with Crippen molar-refractivity contribution in [3.05, 3.63) is 70.2 Å². The van der Waals surface area contributed by atoms with Crippen LogP contribution in [0.1, 0.15) is 46.0 Å². The fourth-order valence-electron chi connectivity index (χ4n) is 3.56. The second-order valence-corrected chi connectivity index (χ2v) is 7.78. The number of ether oxygens (including phenoxy) is 1. The van der Waals surface area contributed by atoms with Crippen LogP contribution in [0.2, 0.25) is 5.02 Å². The third kappa shape index (κ3) is 5.58. The van der Waals surface area contributed by atoms with E-state index in [-0.39, 0.29) is 11.9 Å². The molecular weight excluding hydrogens is 388 g/mol. The number of halogens is 1. The first-order valence-corrected chi connectivity index (χ1v) is 10.4. The number of amides is 1. The van der Waals surface area contributed by atoms with Crippen LogP contribution in [0.4, 0.5) is 0 Å². The first-order valence-electron chi connectivity index (χ1n) is 10.0. The molecule has 1 atom stereocenters. The van der Waals surface area contributed by atoms with E-state index in [0.717, 1.165) is 32.7 Å². The second-order valence-electron chi connectivity index (χ2n) is 7.34. The Kier molecular flexibility index (Phi) is 7.29. The van der Waals surface area contributed by atoms with Crippen LogP contribution >= 0.6 is 11.6 Å². The predicted molar refractivity (Wildman–Crippen MR) is 115 cm³/mol. The molecule has 2 aromatic carbocycles. The summed E-state index contributed by atoms with van der Waals surface area (Å²) in [5, 5.41) is 0.635. The summed E-state index contributed by atoms with van der Waals surface area (Å²) < 4.78 is 5.03. The van der Waals surface area contributed by atoms with E-state index in [9.17, 15) is 9.59 Å². The molecule has 1 unspecified atom stereocenters. The van der Waals surface area contributed by atoms with Gasteiger partial charge in [0.25, 0.3) is 5.91 Å². The van der Waals surface area contributed by atoms with E-state index in [0.29, 0.717) is 28.7 Å². The summed E-state index contributed by atoms with van der Waals surface area (Å²) >= 11 is 5.90. The summed E-state index contributed by atoms with van der Waals surface area (Å²) in [6, 6.07) is 14.7. The van der Waals surface area contributed by atoms with Crippen LogP contribution in [0.5, 0.6) is 0 Å². The summed E-state index contributed by atoms with van der Waals surface area (Å²) in [6.45, 7) is 8.42. The number of nitrogens with zero attached hydrogens (tertiary/aromatic N) is 2. The van der Waals surface area contributed by atoms with Crippen molar-refractivity contribution in [3.8, 4) is 0 Å². The van der Waals surface area contributed by atoms with Crippen LogP contribution in [0, 0.1) is 0 Å². The van der Waals surface area contributed by atoms with Crippen LogP contribution in [-0.4, -0.2) is 61.0 Å². The molecule has 29 heavy (non-hydrogen) atoms. The zero-order valence-corrected chi connectivity index (χ0v) is 17.7. The Morgan fingerprint density at radius 1 is 0.966 bits per heavy atom. The lowest BCUT2D eigenvalue weighted by Crippen LogP contribution is -2.49. The molecule has 0 N–H and O–H groups in total. The van der Waals surface area contributed by atoms with Gasteiger partial charge in [-0.3, -0.25) is 9.69 Å². The highest BCUT2D eigenvalue weighted by molar-refractivity contribution is 6.30. The minimum atomic E-state index is -0.284. The minimum absolute atomic E-state index is 0.0592. The first-order chi connectivity index (χ1) is 14.0. The van der Waals surface area contributed by atoms with Crippen molar-refractivity contribution in [3.63, 3.8) is 0 Å². The van der Waals surface area contributed by atoms with Gasteiger partial charge < -0.3 is 9.64 Å². The zero-order chi connectivity index (χ0) is 20.8. The normalized spacial score (nSPS) is 15.8. The quantitative estimate of drug-likeness (QED) is 0.668. The highest BCUT2D eigenvalue weighted by Crippen LogP contribution is 2.19. The summed E-state index contributed by atoms with van der Waals surface area (Å²) in [6.07, 6.45) is 0. The molecule has 0 aromatic heterocycles. The van der Waals surface area contributed by atoms with Crippen molar-refractivity contribution in [2.45, 2.75) is 19.8 Å². The maximum atomic E-state index is 12.6. The van der Waals surface area contributed by atoms with Crippen LogP contribution in [-0.2, 0) is 4.74 Å². The third-order valence-electron chi connectivity index (χ3n) is 5.27. The van der Waals surface area contributed by atoms with E-state index in [2.05, 4.69) is 11.8 Å². The number of benzene rings is 2. The van der Waals surface area contributed by atoms with Crippen LogP contribution in [0.15, 0.2) is 48.5 Å². The molecule has 1 fully saturated rings. The van der Waals surface area contributed by atoms with Gasteiger partial charge in [-0.2, -0.15) is 0 Å². The fourth-order valence-corrected chi connectivity index (χ4v) is 3.69. The minimum Gasteiger partial charge on any atom is -0.462 e. The largest absolute Gasteiger partial charge is 0.462 e. The number of carbonyl (C=O) groups is 2. The van der Waals surface area contributed by atoms with Gasteiger partial charge in [-0.25, -0.2) is 4.79 Å². The lowest BCUT2D eigenvalue weighted by atomic mass is 9.99. The van der Waals surface area contributed by atoms with Gasteiger partial charge in [0, 0.05) is 43.3 Å². The average molecular weight is 415 g/mol. The highest BCUT2D eigenvalue weighted by atomic mass is 35.5. The maximum absolute atomic E-state index is 12.6. The lowest BCUT2D eigenvalue weighted by Gasteiger charge is -2.36. The molecule has 5 nitrogen and oxygen atoms in total. The first kappa shape index (κ1) is 21.3. The average Bonchev–Trinajstić information content (AvgIpc) is 2.74. The van der Waals surface area contributed by atoms with Gasteiger partial charge in [0.2, 0.25) is 0 Å². The van der Waals surface area contributed by atoms with E-state index in [4.69, 9.17) is 16.3 Å². The predicted octanol–water partition coefficient (Wildman–Crippen LogP) is 4.08. The fraction of sp³-hybridized carbons (Fsp3) is 0.391. The van der Waals surface area contributed by atoms with Crippen molar-refractivity contribution in [2.24, 2.45) is 0 Å². The Morgan fingerprint density at radius 3 is 2.14 bits per heavy atom. The number of esters is 1. The summed E-state index contributed by atoms with van der Waals surface area (Å²) in [5.74, 6) is 0.113. The Bertz CT molecular complexity index is 828. The molecule has 1 heterocycles. The topological polar surface area (TPSA) is 49.9 Å². The molecule has 6 heteroatoms. The highest BCUT2D eigenvalue weighted by Gasteiger charge is 2.23. The van der Waals surface area contributed by atoms with Crippen LogP contribution < -0.4 is 0 Å². The number of rotatable bonds is 6. The van der Waals surface area contributed by atoms with E-state index < -0.39 is 0 Å². The molecule has 0 saturated carbocycles. The van der Waals surface area contributed by atoms with E-state index in [1.807, 2.05) is 29.2 Å². The monoisotopic (exact) mass is 414 g/mol. The van der Waals surface area contributed by atoms with Gasteiger partial charge >= 0.3 is 5.97 Å². The van der Waals surface area contributed by atoms with Crippen LogP contribution in [0.3, 0.4) is 0 Å². The Hall–Kier alpha value is -2.37. The van der Waals surface area contributed by atoms with Crippen LogP contribution in [0.25, 0.3) is 0 Å². The molecule has 0 aliphatic carbocycles. The second kappa shape index (κ2) is 9.90. The third-order valence-corrected chi connectivity index (χ3v) is 5.53. The summed E-state index contributed by atoms with van der Waals surface area (Å²) in [4.78, 5) is 28.7. The molecule has 0 bridgehead atoms. The summed E-state index contributed by atoms with van der Waals surface area (Å²) in [7, 11) is 0. The van der Waals surface area contributed by atoms with Gasteiger partial charge in [0.1, 0.15) is 0 Å². The van der Waals surface area contributed by atoms with Gasteiger partial charge in [0.15, 0.2) is 0 Å². The smallest absolute Gasteiger partial charge is 0.338 e.